The number of rotatable bonds is 7. The Labute approximate surface area is 90.3 Å². The van der Waals surface area contributed by atoms with Gasteiger partial charge in [-0.05, 0) is 25.7 Å². The van der Waals surface area contributed by atoms with Gasteiger partial charge in [0.25, 0.3) is 0 Å². The molecule has 0 aliphatic rings. The highest BCUT2D eigenvalue weighted by atomic mass is 28.5. The van der Waals surface area contributed by atoms with Crippen molar-refractivity contribution in [1.29, 1.82) is 0 Å². The zero-order valence-corrected chi connectivity index (χ0v) is 12.3. The first-order chi connectivity index (χ1) is 6.39. The SMILES string of the molecule is CCCC[Si](C)(OC)O[Si](C)(C)OC. The Morgan fingerprint density at radius 1 is 1.00 bits per heavy atom. The first-order valence-electron chi connectivity index (χ1n) is 5.19. The molecule has 0 amide bonds. The fourth-order valence-electron chi connectivity index (χ4n) is 1.25. The second-order valence-electron chi connectivity index (χ2n) is 4.15. The molecule has 1 unspecified atom stereocenters. The Hall–Kier alpha value is 0.314. The zero-order chi connectivity index (χ0) is 11.2. The second-order valence-corrected chi connectivity index (χ2v) is 11.3. The van der Waals surface area contributed by atoms with Crippen molar-refractivity contribution in [2.75, 3.05) is 14.2 Å². The van der Waals surface area contributed by atoms with E-state index < -0.39 is 17.1 Å². The molecule has 0 saturated carbocycles. The summed E-state index contributed by atoms with van der Waals surface area (Å²) in [6.07, 6.45) is 2.36. The molecule has 5 heteroatoms. The van der Waals surface area contributed by atoms with Gasteiger partial charge in [-0.25, -0.2) is 0 Å². The van der Waals surface area contributed by atoms with Crippen LogP contribution in [0.2, 0.25) is 25.7 Å². The number of hydrogen-bond acceptors (Lipinski definition) is 3. The molecule has 1 atom stereocenters. The van der Waals surface area contributed by atoms with Crippen molar-refractivity contribution in [3.8, 4) is 0 Å². The van der Waals surface area contributed by atoms with E-state index in [9.17, 15) is 0 Å². The lowest BCUT2D eigenvalue weighted by Crippen LogP contribution is -2.49. The molecule has 0 radical (unpaired) electrons. The van der Waals surface area contributed by atoms with Crippen LogP contribution in [0.5, 0.6) is 0 Å². The minimum atomic E-state index is -1.96. The van der Waals surface area contributed by atoms with Gasteiger partial charge in [0.1, 0.15) is 0 Å². The quantitative estimate of drug-likeness (QED) is 0.636. The van der Waals surface area contributed by atoms with E-state index >= 15 is 0 Å². The van der Waals surface area contributed by atoms with Crippen molar-refractivity contribution in [1.82, 2.24) is 0 Å². The van der Waals surface area contributed by atoms with Crippen LogP contribution in [0.25, 0.3) is 0 Å². The van der Waals surface area contributed by atoms with Gasteiger partial charge in [0, 0.05) is 14.2 Å². The van der Waals surface area contributed by atoms with E-state index in [1.54, 1.807) is 14.2 Å². The Bertz CT molecular complexity index is 164. The van der Waals surface area contributed by atoms with E-state index in [4.69, 9.17) is 13.0 Å². The molecule has 0 bridgehead atoms. The third kappa shape index (κ3) is 5.26. The van der Waals surface area contributed by atoms with Gasteiger partial charge in [-0.3, -0.25) is 0 Å². The highest BCUT2D eigenvalue weighted by Crippen LogP contribution is 2.21. The predicted molar refractivity (Wildman–Crippen MR) is 63.9 cm³/mol. The summed E-state index contributed by atoms with van der Waals surface area (Å²) in [7, 11) is -0.440. The van der Waals surface area contributed by atoms with Crippen LogP contribution in [0, 0.1) is 0 Å². The van der Waals surface area contributed by atoms with E-state index in [1.807, 2.05) is 0 Å². The van der Waals surface area contributed by atoms with E-state index in [2.05, 4.69) is 26.6 Å². The van der Waals surface area contributed by atoms with Crippen LogP contribution in [-0.2, 0) is 13.0 Å². The third-order valence-electron chi connectivity index (χ3n) is 2.37. The highest BCUT2D eigenvalue weighted by Gasteiger charge is 2.38. The molecule has 0 aliphatic carbocycles. The summed E-state index contributed by atoms with van der Waals surface area (Å²) in [5.74, 6) is 0. The lowest BCUT2D eigenvalue weighted by Gasteiger charge is -2.33. The molecule has 0 rings (SSSR count). The van der Waals surface area contributed by atoms with Gasteiger partial charge in [-0.2, -0.15) is 0 Å². The van der Waals surface area contributed by atoms with Crippen LogP contribution in [0.15, 0.2) is 0 Å². The Balaban J connectivity index is 4.23. The normalized spacial score (nSPS) is 16.7. The Morgan fingerprint density at radius 3 is 1.93 bits per heavy atom. The molecule has 86 valence electrons. The maximum absolute atomic E-state index is 6.06. The van der Waals surface area contributed by atoms with Crippen molar-refractivity contribution >= 4 is 17.1 Å². The smallest absolute Gasteiger partial charge is 0.325 e. The first-order valence-corrected chi connectivity index (χ1v) is 10.5. The monoisotopic (exact) mass is 236 g/mol. The van der Waals surface area contributed by atoms with Gasteiger partial charge < -0.3 is 13.0 Å². The molecular weight excluding hydrogens is 212 g/mol. The van der Waals surface area contributed by atoms with Gasteiger partial charge in [0.2, 0.25) is 0 Å². The van der Waals surface area contributed by atoms with Crippen molar-refractivity contribution in [2.45, 2.75) is 45.5 Å². The topological polar surface area (TPSA) is 27.7 Å². The summed E-state index contributed by atoms with van der Waals surface area (Å²) in [5.41, 5.74) is 0. The fraction of sp³-hybridized carbons (Fsp3) is 1.00. The molecule has 3 nitrogen and oxygen atoms in total. The maximum Gasteiger partial charge on any atom is 0.325 e. The molecule has 0 spiro atoms. The Morgan fingerprint density at radius 2 is 1.57 bits per heavy atom. The standard InChI is InChI=1S/C9H24O3Si2/c1-7-8-9-14(6,11-3)12-13(4,5)10-2/h7-9H2,1-6H3. The lowest BCUT2D eigenvalue weighted by atomic mass is 10.4. The van der Waals surface area contributed by atoms with Crippen LogP contribution in [-0.4, -0.2) is 31.3 Å². The summed E-state index contributed by atoms with van der Waals surface area (Å²) in [4.78, 5) is 0. The predicted octanol–water partition coefficient (Wildman–Crippen LogP) is 2.87. The van der Waals surface area contributed by atoms with Gasteiger partial charge in [0.15, 0.2) is 0 Å². The summed E-state index contributed by atoms with van der Waals surface area (Å²) < 4.78 is 17.0. The minimum absolute atomic E-state index is 1.06. The molecule has 0 saturated heterocycles. The van der Waals surface area contributed by atoms with Crippen LogP contribution in [0.1, 0.15) is 19.8 Å². The van der Waals surface area contributed by atoms with Gasteiger partial charge in [-0.1, -0.05) is 19.8 Å². The number of unbranched alkanes of at least 4 members (excludes halogenated alkanes) is 1. The van der Waals surface area contributed by atoms with Gasteiger partial charge in [0.05, 0.1) is 0 Å². The average molecular weight is 236 g/mol. The van der Waals surface area contributed by atoms with Crippen LogP contribution >= 0.6 is 0 Å². The largest absolute Gasteiger partial charge is 0.415 e. The van der Waals surface area contributed by atoms with E-state index in [0.29, 0.717) is 0 Å². The molecule has 0 aromatic rings. The molecular formula is C9H24O3Si2. The van der Waals surface area contributed by atoms with Crippen molar-refractivity contribution in [2.24, 2.45) is 0 Å². The first kappa shape index (κ1) is 14.3. The maximum atomic E-state index is 6.06. The summed E-state index contributed by atoms with van der Waals surface area (Å²) in [5, 5.41) is 0. The Kier molecular flexibility index (Phi) is 6.15. The van der Waals surface area contributed by atoms with Crippen molar-refractivity contribution in [3.05, 3.63) is 0 Å². The summed E-state index contributed by atoms with van der Waals surface area (Å²) in [6, 6.07) is 1.06. The molecule has 0 aliphatic heterocycles. The molecule has 0 aromatic heterocycles. The fourth-order valence-corrected chi connectivity index (χ4v) is 7.69. The van der Waals surface area contributed by atoms with Crippen LogP contribution in [0.3, 0.4) is 0 Å². The van der Waals surface area contributed by atoms with Crippen molar-refractivity contribution in [3.63, 3.8) is 0 Å². The van der Waals surface area contributed by atoms with E-state index in [0.717, 1.165) is 6.04 Å². The van der Waals surface area contributed by atoms with Crippen LogP contribution < -0.4 is 0 Å². The summed E-state index contributed by atoms with van der Waals surface area (Å²) >= 11 is 0. The minimum Gasteiger partial charge on any atom is -0.415 e. The molecule has 0 aromatic carbocycles. The zero-order valence-electron chi connectivity index (χ0n) is 10.3. The highest BCUT2D eigenvalue weighted by molar-refractivity contribution is 6.79. The van der Waals surface area contributed by atoms with E-state index in [-0.39, 0.29) is 0 Å². The van der Waals surface area contributed by atoms with Crippen LogP contribution in [0.4, 0.5) is 0 Å². The molecule has 0 heterocycles. The third-order valence-corrected chi connectivity index (χ3v) is 9.17. The molecule has 0 N–H and O–H groups in total. The average Bonchev–Trinajstić information content (AvgIpc) is 2.14. The second kappa shape index (κ2) is 6.02. The van der Waals surface area contributed by atoms with E-state index in [1.165, 1.54) is 12.8 Å². The molecule has 14 heavy (non-hydrogen) atoms. The van der Waals surface area contributed by atoms with Gasteiger partial charge in [-0.15, -0.1) is 0 Å². The number of hydrogen-bond donors (Lipinski definition) is 0. The lowest BCUT2D eigenvalue weighted by molar-refractivity contribution is 0.244. The summed E-state index contributed by atoms with van der Waals surface area (Å²) in [6.45, 7) is 8.42. The van der Waals surface area contributed by atoms with Crippen molar-refractivity contribution < 1.29 is 13.0 Å². The molecule has 0 fully saturated rings. The van der Waals surface area contributed by atoms with Gasteiger partial charge >= 0.3 is 17.1 Å².